The van der Waals surface area contributed by atoms with Gasteiger partial charge < -0.3 is 18.9 Å². The molecule has 0 saturated carbocycles. The van der Waals surface area contributed by atoms with Crippen LogP contribution >= 0.6 is 0 Å². The molecule has 2 aromatic rings. The number of hydrogen-bond acceptors (Lipinski definition) is 6. The van der Waals surface area contributed by atoms with Gasteiger partial charge in [0.05, 0.1) is 21.3 Å². The largest absolute Gasteiger partial charge is 0.497 e. The van der Waals surface area contributed by atoms with E-state index in [9.17, 15) is 4.79 Å². The zero-order valence-electron chi connectivity index (χ0n) is 15.5. The van der Waals surface area contributed by atoms with Crippen LogP contribution in [-0.2, 0) is 16.0 Å². The molecule has 0 bridgehead atoms. The van der Waals surface area contributed by atoms with E-state index in [0.717, 1.165) is 11.3 Å². The highest BCUT2D eigenvalue weighted by atomic mass is 16.6. The van der Waals surface area contributed by atoms with Crippen molar-refractivity contribution < 1.29 is 23.7 Å². The molecule has 0 aliphatic carbocycles. The van der Waals surface area contributed by atoms with Crippen LogP contribution in [0.1, 0.15) is 17.5 Å². The molecule has 2 aromatic carbocycles. The highest BCUT2D eigenvalue weighted by molar-refractivity contribution is 6.07. The first-order valence-corrected chi connectivity index (χ1v) is 8.50. The van der Waals surface area contributed by atoms with Crippen LogP contribution in [0.3, 0.4) is 0 Å². The maximum absolute atomic E-state index is 12.2. The zero-order chi connectivity index (χ0) is 19.2. The summed E-state index contributed by atoms with van der Waals surface area (Å²) < 4.78 is 21.2. The molecule has 140 valence electrons. The number of nitrogens with zero attached hydrogens (tertiary/aromatic N) is 1. The predicted octanol–water partition coefficient (Wildman–Crippen LogP) is 3.64. The molecule has 1 heterocycles. The fourth-order valence-electron chi connectivity index (χ4n) is 2.81. The third-order valence-corrected chi connectivity index (χ3v) is 4.19. The molecule has 0 N–H and O–H groups in total. The third-order valence-electron chi connectivity index (χ3n) is 4.19. The Morgan fingerprint density at radius 2 is 1.74 bits per heavy atom. The highest BCUT2D eigenvalue weighted by Crippen LogP contribution is 2.28. The monoisotopic (exact) mass is 367 g/mol. The number of carbonyl (C=O) groups is 1. The van der Waals surface area contributed by atoms with Crippen LogP contribution in [0.5, 0.6) is 17.2 Å². The molecular formula is C21H21NO5. The molecule has 0 atom stereocenters. The number of methoxy groups -OCH3 is 3. The van der Waals surface area contributed by atoms with Gasteiger partial charge in [-0.25, -0.2) is 9.79 Å². The van der Waals surface area contributed by atoms with Crippen molar-refractivity contribution in [2.24, 2.45) is 4.99 Å². The van der Waals surface area contributed by atoms with Crippen molar-refractivity contribution in [1.82, 2.24) is 0 Å². The lowest BCUT2D eigenvalue weighted by Gasteiger charge is -2.07. The first-order chi connectivity index (χ1) is 13.1. The summed E-state index contributed by atoms with van der Waals surface area (Å²) in [7, 11) is 4.78. The van der Waals surface area contributed by atoms with Gasteiger partial charge in [0.2, 0.25) is 0 Å². The summed E-state index contributed by atoms with van der Waals surface area (Å²) in [5.74, 6) is 2.00. The van der Waals surface area contributed by atoms with Gasteiger partial charge in [-0.15, -0.1) is 0 Å². The van der Waals surface area contributed by atoms with Crippen molar-refractivity contribution in [3.8, 4) is 17.2 Å². The van der Waals surface area contributed by atoms with Gasteiger partial charge in [-0.3, -0.25) is 0 Å². The second-order valence-electron chi connectivity index (χ2n) is 5.84. The number of hydrogen-bond donors (Lipinski definition) is 0. The third kappa shape index (κ3) is 4.28. The van der Waals surface area contributed by atoms with Crippen LogP contribution in [0, 0.1) is 0 Å². The lowest BCUT2D eigenvalue weighted by molar-refractivity contribution is -0.130. The maximum atomic E-state index is 12.2. The molecule has 6 nitrogen and oxygen atoms in total. The SMILES string of the molecule is COc1ccc(OC)c(/C=C2\N=C(CCc3ccccc3OC)OC2=O)c1. The fourth-order valence-corrected chi connectivity index (χ4v) is 2.81. The molecule has 0 spiro atoms. The van der Waals surface area contributed by atoms with E-state index in [0.29, 0.717) is 35.8 Å². The smallest absolute Gasteiger partial charge is 0.363 e. The predicted molar refractivity (Wildman–Crippen MR) is 102 cm³/mol. The summed E-state index contributed by atoms with van der Waals surface area (Å²) in [6, 6.07) is 13.1. The molecule has 27 heavy (non-hydrogen) atoms. The normalized spacial score (nSPS) is 14.7. The first-order valence-electron chi connectivity index (χ1n) is 8.50. The topological polar surface area (TPSA) is 66.3 Å². The number of esters is 1. The lowest BCUT2D eigenvalue weighted by atomic mass is 10.1. The first kappa shape index (κ1) is 18.5. The summed E-state index contributed by atoms with van der Waals surface area (Å²) in [5.41, 5.74) is 1.96. The molecule has 0 aromatic heterocycles. The second kappa shape index (κ2) is 8.40. The Bertz CT molecular complexity index is 901. The van der Waals surface area contributed by atoms with E-state index in [1.165, 1.54) is 0 Å². The van der Waals surface area contributed by atoms with Gasteiger partial charge in [-0.2, -0.15) is 0 Å². The molecule has 0 fully saturated rings. The average Bonchev–Trinajstić information content (AvgIpc) is 3.05. The number of ether oxygens (including phenoxy) is 4. The minimum Gasteiger partial charge on any atom is -0.497 e. The number of para-hydroxylation sites is 1. The quantitative estimate of drug-likeness (QED) is 0.552. The van der Waals surface area contributed by atoms with Crippen LogP contribution in [0.25, 0.3) is 6.08 Å². The van der Waals surface area contributed by atoms with E-state index in [4.69, 9.17) is 18.9 Å². The minimum atomic E-state index is -0.477. The number of cyclic esters (lactones) is 1. The Morgan fingerprint density at radius 1 is 0.963 bits per heavy atom. The molecule has 6 heteroatoms. The number of benzene rings is 2. The standard InChI is InChI=1S/C21H21NO5/c1-24-16-9-10-19(26-3)15(12-16)13-17-21(23)27-20(22-17)11-8-14-6-4-5-7-18(14)25-2/h4-7,9-10,12-13H,8,11H2,1-3H3/b17-13-. The average molecular weight is 367 g/mol. The van der Waals surface area contributed by atoms with E-state index >= 15 is 0 Å². The van der Waals surface area contributed by atoms with E-state index in [-0.39, 0.29) is 5.70 Å². The Hall–Kier alpha value is -3.28. The summed E-state index contributed by atoms with van der Waals surface area (Å²) in [6.45, 7) is 0. The molecule has 3 rings (SSSR count). The van der Waals surface area contributed by atoms with E-state index in [2.05, 4.69) is 4.99 Å². The molecule has 0 saturated heterocycles. The minimum absolute atomic E-state index is 0.233. The zero-order valence-corrected chi connectivity index (χ0v) is 15.5. The number of aliphatic imine (C=N–C) groups is 1. The molecule has 0 radical (unpaired) electrons. The van der Waals surface area contributed by atoms with Gasteiger partial charge in [0.15, 0.2) is 11.6 Å². The fraction of sp³-hybridized carbons (Fsp3) is 0.238. The van der Waals surface area contributed by atoms with Gasteiger partial charge in [-0.1, -0.05) is 18.2 Å². The van der Waals surface area contributed by atoms with Crippen LogP contribution < -0.4 is 14.2 Å². The summed E-state index contributed by atoms with van der Waals surface area (Å²) in [5, 5.41) is 0. The summed E-state index contributed by atoms with van der Waals surface area (Å²) in [6.07, 6.45) is 2.80. The van der Waals surface area contributed by atoms with E-state index < -0.39 is 5.97 Å². The molecule has 0 amide bonds. The van der Waals surface area contributed by atoms with E-state index in [1.54, 1.807) is 45.6 Å². The molecule has 1 aliphatic rings. The number of aryl methyl sites for hydroxylation is 1. The van der Waals surface area contributed by atoms with Crippen LogP contribution in [0.2, 0.25) is 0 Å². The van der Waals surface area contributed by atoms with Crippen molar-refractivity contribution >= 4 is 17.9 Å². The molecule has 0 unspecified atom stereocenters. The van der Waals surface area contributed by atoms with E-state index in [1.807, 2.05) is 24.3 Å². The molecule has 1 aliphatic heterocycles. The van der Waals surface area contributed by atoms with Crippen LogP contribution in [0.15, 0.2) is 53.2 Å². The van der Waals surface area contributed by atoms with Crippen LogP contribution in [-0.4, -0.2) is 33.2 Å². The summed E-state index contributed by atoms with van der Waals surface area (Å²) in [4.78, 5) is 16.5. The van der Waals surface area contributed by atoms with Gasteiger partial charge in [0, 0.05) is 12.0 Å². The Labute approximate surface area is 158 Å². The number of carbonyl (C=O) groups excluding carboxylic acids is 1. The Morgan fingerprint density at radius 3 is 2.48 bits per heavy atom. The lowest BCUT2D eigenvalue weighted by Crippen LogP contribution is -2.05. The Kier molecular flexibility index (Phi) is 5.76. The van der Waals surface area contributed by atoms with Gasteiger partial charge in [0.1, 0.15) is 17.2 Å². The van der Waals surface area contributed by atoms with Gasteiger partial charge in [0.25, 0.3) is 0 Å². The van der Waals surface area contributed by atoms with Gasteiger partial charge >= 0.3 is 5.97 Å². The molecular weight excluding hydrogens is 346 g/mol. The van der Waals surface area contributed by atoms with Gasteiger partial charge in [-0.05, 0) is 42.3 Å². The van der Waals surface area contributed by atoms with Crippen molar-refractivity contribution in [2.45, 2.75) is 12.8 Å². The van der Waals surface area contributed by atoms with Crippen molar-refractivity contribution in [1.29, 1.82) is 0 Å². The maximum Gasteiger partial charge on any atom is 0.363 e. The van der Waals surface area contributed by atoms with Crippen molar-refractivity contribution in [2.75, 3.05) is 21.3 Å². The highest BCUT2D eigenvalue weighted by Gasteiger charge is 2.23. The van der Waals surface area contributed by atoms with Crippen molar-refractivity contribution in [3.05, 3.63) is 59.3 Å². The Balaban J connectivity index is 1.79. The van der Waals surface area contributed by atoms with Crippen molar-refractivity contribution in [3.63, 3.8) is 0 Å². The van der Waals surface area contributed by atoms with Crippen LogP contribution in [0.4, 0.5) is 0 Å². The number of rotatable bonds is 7. The summed E-state index contributed by atoms with van der Waals surface area (Å²) >= 11 is 0. The second-order valence-corrected chi connectivity index (χ2v) is 5.84.